The van der Waals surface area contributed by atoms with Gasteiger partial charge in [-0.3, -0.25) is 4.72 Å². The van der Waals surface area contributed by atoms with E-state index in [2.05, 4.69) is 16.1 Å². The molecule has 0 amide bonds. The lowest BCUT2D eigenvalue weighted by atomic mass is 9.71. The van der Waals surface area contributed by atoms with Crippen LogP contribution in [0.15, 0.2) is 18.2 Å². The summed E-state index contributed by atoms with van der Waals surface area (Å²) in [7, 11) is -3.21. The van der Waals surface area contributed by atoms with Crippen LogP contribution in [0.4, 0.5) is 5.69 Å². The lowest BCUT2D eigenvalue weighted by Gasteiger charge is -2.38. The number of fused-ring (bicyclic) bond motifs is 3. The SMILES string of the molecule is CS(=O)(=O)Nc1cccc2c1[C@@H]1CCNC[C@H]1CC2. The molecule has 1 fully saturated rings. The standard InChI is InChI=1S/C14H20N2O2S/c1-19(17,18)16-13-4-2-3-10-5-6-11-9-15-8-7-12(11)14(10)13/h2-4,11-12,15-16H,5-9H2,1H3/t11-,12-/m1/s1. The van der Waals surface area contributed by atoms with Crippen LogP contribution < -0.4 is 10.0 Å². The molecule has 0 saturated carbocycles. The molecule has 1 saturated heterocycles. The van der Waals surface area contributed by atoms with Crippen molar-refractivity contribution in [1.82, 2.24) is 5.32 Å². The van der Waals surface area contributed by atoms with E-state index in [-0.39, 0.29) is 0 Å². The first-order valence-electron chi connectivity index (χ1n) is 6.85. The number of piperidine rings is 1. The van der Waals surface area contributed by atoms with Gasteiger partial charge in [0.2, 0.25) is 10.0 Å². The third-order valence-corrected chi connectivity index (χ3v) is 4.85. The van der Waals surface area contributed by atoms with Gasteiger partial charge in [-0.15, -0.1) is 0 Å². The van der Waals surface area contributed by atoms with Crippen molar-refractivity contribution >= 4 is 15.7 Å². The molecule has 1 aromatic rings. The average molecular weight is 280 g/mol. The molecule has 0 unspecified atom stereocenters. The molecule has 1 aliphatic heterocycles. The summed E-state index contributed by atoms with van der Waals surface area (Å²) in [6.07, 6.45) is 4.57. The van der Waals surface area contributed by atoms with E-state index in [9.17, 15) is 8.42 Å². The predicted molar refractivity (Wildman–Crippen MR) is 76.9 cm³/mol. The zero-order valence-electron chi connectivity index (χ0n) is 11.1. The van der Waals surface area contributed by atoms with Gasteiger partial charge in [-0.1, -0.05) is 12.1 Å². The van der Waals surface area contributed by atoms with Gasteiger partial charge in [0.25, 0.3) is 0 Å². The topological polar surface area (TPSA) is 58.2 Å². The zero-order chi connectivity index (χ0) is 13.5. The molecular formula is C14H20N2O2S. The van der Waals surface area contributed by atoms with Crippen molar-refractivity contribution in [3.8, 4) is 0 Å². The van der Waals surface area contributed by atoms with Crippen molar-refractivity contribution < 1.29 is 8.42 Å². The van der Waals surface area contributed by atoms with E-state index < -0.39 is 10.0 Å². The quantitative estimate of drug-likeness (QED) is 0.867. The Morgan fingerprint density at radius 3 is 2.95 bits per heavy atom. The Morgan fingerprint density at radius 2 is 2.16 bits per heavy atom. The highest BCUT2D eigenvalue weighted by molar-refractivity contribution is 7.92. The molecule has 2 aliphatic rings. The van der Waals surface area contributed by atoms with Gasteiger partial charge in [0.15, 0.2) is 0 Å². The van der Waals surface area contributed by atoms with E-state index in [1.54, 1.807) is 0 Å². The number of benzene rings is 1. The first-order chi connectivity index (χ1) is 9.04. The first kappa shape index (κ1) is 12.9. The molecule has 104 valence electrons. The smallest absolute Gasteiger partial charge is 0.229 e. The molecule has 0 radical (unpaired) electrons. The Kier molecular flexibility index (Phi) is 3.27. The normalized spacial score (nSPS) is 26.4. The Hall–Kier alpha value is -1.07. The zero-order valence-corrected chi connectivity index (χ0v) is 12.0. The fraction of sp³-hybridized carbons (Fsp3) is 0.571. The van der Waals surface area contributed by atoms with E-state index in [0.717, 1.165) is 31.6 Å². The fourth-order valence-corrected chi connectivity index (χ4v) is 4.08. The number of sulfonamides is 1. The minimum Gasteiger partial charge on any atom is -0.316 e. The second kappa shape index (κ2) is 4.80. The van der Waals surface area contributed by atoms with Crippen LogP contribution in [0.25, 0.3) is 0 Å². The highest BCUT2D eigenvalue weighted by atomic mass is 32.2. The van der Waals surface area contributed by atoms with E-state index in [1.165, 1.54) is 23.8 Å². The van der Waals surface area contributed by atoms with Gasteiger partial charge in [0, 0.05) is 0 Å². The summed E-state index contributed by atoms with van der Waals surface area (Å²) in [4.78, 5) is 0. The van der Waals surface area contributed by atoms with Crippen molar-refractivity contribution in [2.75, 3.05) is 24.1 Å². The summed E-state index contributed by atoms with van der Waals surface area (Å²) in [6, 6.07) is 5.99. The minimum absolute atomic E-state index is 0.496. The Morgan fingerprint density at radius 1 is 1.32 bits per heavy atom. The van der Waals surface area contributed by atoms with E-state index in [4.69, 9.17) is 0 Å². The average Bonchev–Trinajstić information content (AvgIpc) is 2.37. The number of rotatable bonds is 2. The number of aryl methyl sites for hydroxylation is 1. The van der Waals surface area contributed by atoms with Gasteiger partial charge in [-0.2, -0.15) is 0 Å². The van der Waals surface area contributed by atoms with Gasteiger partial charge in [-0.25, -0.2) is 8.42 Å². The third kappa shape index (κ3) is 2.62. The summed E-state index contributed by atoms with van der Waals surface area (Å²) in [5.41, 5.74) is 3.35. The molecule has 1 aliphatic carbocycles. The number of hydrogen-bond donors (Lipinski definition) is 2. The van der Waals surface area contributed by atoms with Crippen molar-refractivity contribution in [2.24, 2.45) is 5.92 Å². The molecule has 5 heteroatoms. The van der Waals surface area contributed by atoms with Crippen molar-refractivity contribution in [3.05, 3.63) is 29.3 Å². The maximum atomic E-state index is 11.5. The third-order valence-electron chi connectivity index (χ3n) is 4.25. The number of anilines is 1. The van der Waals surface area contributed by atoms with Crippen LogP contribution in [0.2, 0.25) is 0 Å². The second-order valence-electron chi connectivity index (χ2n) is 5.65. The van der Waals surface area contributed by atoms with Crippen molar-refractivity contribution in [2.45, 2.75) is 25.2 Å². The first-order valence-corrected chi connectivity index (χ1v) is 8.74. The summed E-state index contributed by atoms with van der Waals surface area (Å²) in [5, 5.41) is 3.44. The molecule has 0 spiro atoms. The van der Waals surface area contributed by atoms with Gasteiger partial charge >= 0.3 is 0 Å². The molecule has 2 atom stereocenters. The van der Waals surface area contributed by atoms with Crippen LogP contribution in [-0.2, 0) is 16.4 Å². The van der Waals surface area contributed by atoms with Gasteiger partial charge in [-0.05, 0) is 61.4 Å². The van der Waals surface area contributed by atoms with Crippen molar-refractivity contribution in [1.29, 1.82) is 0 Å². The molecule has 4 nitrogen and oxygen atoms in total. The number of nitrogens with one attached hydrogen (secondary N) is 2. The Labute approximate surface area is 114 Å². The molecule has 1 heterocycles. The highest BCUT2D eigenvalue weighted by Gasteiger charge is 2.33. The Balaban J connectivity index is 2.04. The minimum atomic E-state index is -3.21. The Bertz CT molecular complexity index is 583. The van der Waals surface area contributed by atoms with Crippen LogP contribution in [0.1, 0.15) is 29.9 Å². The fourth-order valence-electron chi connectivity index (χ4n) is 3.50. The summed E-state index contributed by atoms with van der Waals surface area (Å²) in [6.45, 7) is 2.07. The monoisotopic (exact) mass is 280 g/mol. The van der Waals surface area contributed by atoms with E-state index in [0.29, 0.717) is 11.8 Å². The molecule has 19 heavy (non-hydrogen) atoms. The van der Waals surface area contributed by atoms with Crippen LogP contribution in [0.5, 0.6) is 0 Å². The van der Waals surface area contributed by atoms with E-state index in [1.807, 2.05) is 12.1 Å². The van der Waals surface area contributed by atoms with Gasteiger partial charge in [0.1, 0.15) is 0 Å². The van der Waals surface area contributed by atoms with Gasteiger partial charge < -0.3 is 5.32 Å². The molecule has 0 aromatic heterocycles. The van der Waals surface area contributed by atoms with E-state index >= 15 is 0 Å². The summed E-state index contributed by atoms with van der Waals surface area (Å²) < 4.78 is 25.7. The molecule has 3 rings (SSSR count). The lowest BCUT2D eigenvalue weighted by molar-refractivity contribution is 0.294. The van der Waals surface area contributed by atoms with Gasteiger partial charge in [0.05, 0.1) is 11.9 Å². The summed E-state index contributed by atoms with van der Waals surface area (Å²) in [5.74, 6) is 1.14. The molecule has 2 N–H and O–H groups in total. The molecular weight excluding hydrogens is 260 g/mol. The van der Waals surface area contributed by atoms with Crippen molar-refractivity contribution in [3.63, 3.8) is 0 Å². The maximum absolute atomic E-state index is 11.5. The second-order valence-corrected chi connectivity index (χ2v) is 7.40. The number of hydrogen-bond acceptors (Lipinski definition) is 3. The molecule has 0 bridgehead atoms. The van der Waals surface area contributed by atoms with Crippen LogP contribution in [0.3, 0.4) is 0 Å². The highest BCUT2D eigenvalue weighted by Crippen LogP contribution is 2.43. The largest absolute Gasteiger partial charge is 0.316 e. The molecule has 1 aromatic carbocycles. The lowest BCUT2D eigenvalue weighted by Crippen LogP contribution is -2.38. The summed E-state index contributed by atoms with van der Waals surface area (Å²) >= 11 is 0. The maximum Gasteiger partial charge on any atom is 0.229 e. The van der Waals surface area contributed by atoms with Crippen LogP contribution in [0, 0.1) is 5.92 Å². The van der Waals surface area contributed by atoms with Crippen LogP contribution in [-0.4, -0.2) is 27.8 Å². The van der Waals surface area contributed by atoms with Crippen LogP contribution >= 0.6 is 0 Å². The predicted octanol–water partition coefficient (Wildman–Crippen LogP) is 1.70.